The number of carbonyl (C=O) groups excluding carboxylic acids is 1. The second-order valence-electron chi connectivity index (χ2n) is 5.09. The van der Waals surface area contributed by atoms with Gasteiger partial charge in [0.25, 0.3) is 0 Å². The minimum absolute atomic E-state index is 0.159. The maximum absolute atomic E-state index is 12.6. The van der Waals surface area contributed by atoms with Crippen molar-refractivity contribution in [1.82, 2.24) is 4.98 Å². The van der Waals surface area contributed by atoms with Crippen molar-refractivity contribution in [2.75, 3.05) is 6.61 Å². The van der Waals surface area contributed by atoms with Gasteiger partial charge in [0.05, 0.1) is 12.2 Å². The van der Waals surface area contributed by atoms with Gasteiger partial charge in [0.15, 0.2) is 6.10 Å². The number of pyridine rings is 1. The van der Waals surface area contributed by atoms with Crippen LogP contribution in [0.1, 0.15) is 19.4 Å². The van der Waals surface area contributed by atoms with Gasteiger partial charge in [-0.3, -0.25) is 0 Å². The summed E-state index contributed by atoms with van der Waals surface area (Å²) >= 11 is 5.79. The average molecular weight is 390 g/mol. The molecule has 0 saturated heterocycles. The maximum atomic E-state index is 12.6. The van der Waals surface area contributed by atoms with E-state index in [0.29, 0.717) is 11.9 Å². The quantitative estimate of drug-likeness (QED) is 0.659. The lowest BCUT2D eigenvalue weighted by Gasteiger charge is -2.14. The molecule has 0 fully saturated rings. The second kappa shape index (κ2) is 8.27. The van der Waals surface area contributed by atoms with Crippen LogP contribution in [0.3, 0.4) is 0 Å². The molecule has 0 radical (unpaired) electrons. The molecule has 0 aliphatic rings. The zero-order valence-electron chi connectivity index (χ0n) is 13.8. The number of hydrogen-bond donors (Lipinski definition) is 0. The van der Waals surface area contributed by atoms with E-state index in [1.165, 1.54) is 24.3 Å². The topological polar surface area (TPSA) is 57.7 Å². The van der Waals surface area contributed by atoms with E-state index in [4.69, 9.17) is 25.8 Å². The third-order valence-electron chi connectivity index (χ3n) is 3.10. The zero-order valence-corrected chi connectivity index (χ0v) is 14.6. The molecule has 5 nitrogen and oxygen atoms in total. The van der Waals surface area contributed by atoms with Gasteiger partial charge in [0, 0.05) is 6.20 Å². The van der Waals surface area contributed by atoms with Crippen LogP contribution in [0.2, 0.25) is 5.02 Å². The lowest BCUT2D eigenvalue weighted by molar-refractivity contribution is -0.150. The molecule has 0 spiro atoms. The average Bonchev–Trinajstić information content (AvgIpc) is 2.57. The molecule has 2 aromatic rings. The molecule has 0 aliphatic carbocycles. The van der Waals surface area contributed by atoms with Crippen molar-refractivity contribution in [3.63, 3.8) is 0 Å². The highest BCUT2D eigenvalue weighted by Gasteiger charge is 2.31. The highest BCUT2D eigenvalue weighted by atomic mass is 35.5. The van der Waals surface area contributed by atoms with E-state index in [9.17, 15) is 18.0 Å². The fourth-order valence-corrected chi connectivity index (χ4v) is 2.07. The first-order valence-corrected chi connectivity index (χ1v) is 7.92. The minimum Gasteiger partial charge on any atom is -0.479 e. The Kier molecular flexibility index (Phi) is 6.31. The summed E-state index contributed by atoms with van der Waals surface area (Å²) in [5, 5.41) is -0.268. The van der Waals surface area contributed by atoms with Crippen LogP contribution < -0.4 is 9.47 Å². The summed E-state index contributed by atoms with van der Waals surface area (Å²) in [4.78, 5) is 15.1. The van der Waals surface area contributed by atoms with Crippen LogP contribution in [0.25, 0.3) is 0 Å². The van der Waals surface area contributed by atoms with E-state index < -0.39 is 23.8 Å². The summed E-state index contributed by atoms with van der Waals surface area (Å²) in [6.45, 7) is 3.49. The highest BCUT2D eigenvalue weighted by Crippen LogP contribution is 2.34. The van der Waals surface area contributed by atoms with Crippen LogP contribution in [-0.4, -0.2) is 23.7 Å². The molecule has 2 rings (SSSR count). The Balaban J connectivity index is 2.04. The number of hydrogen-bond acceptors (Lipinski definition) is 5. The SMILES string of the molecule is CCOC(=O)[C@H](C)Oc1ccc(Oc2ncc(C(F)(F)F)cc2Cl)cc1. The third kappa shape index (κ3) is 5.26. The van der Waals surface area contributed by atoms with E-state index in [-0.39, 0.29) is 23.3 Å². The van der Waals surface area contributed by atoms with Gasteiger partial charge in [-0.15, -0.1) is 0 Å². The van der Waals surface area contributed by atoms with Gasteiger partial charge in [0.1, 0.15) is 16.5 Å². The molecule has 140 valence electrons. The zero-order chi connectivity index (χ0) is 19.3. The largest absolute Gasteiger partial charge is 0.479 e. The molecule has 0 saturated carbocycles. The third-order valence-corrected chi connectivity index (χ3v) is 3.38. The van der Waals surface area contributed by atoms with Gasteiger partial charge in [-0.05, 0) is 44.2 Å². The van der Waals surface area contributed by atoms with E-state index >= 15 is 0 Å². The van der Waals surface area contributed by atoms with Gasteiger partial charge in [-0.2, -0.15) is 13.2 Å². The molecular weight excluding hydrogens is 375 g/mol. The standard InChI is InChI=1S/C17H15ClF3NO4/c1-3-24-16(23)10(2)25-12-4-6-13(7-5-12)26-15-14(18)8-11(9-22-15)17(19,20)21/h4-10H,3H2,1-2H3/t10-/m0/s1. The predicted molar refractivity (Wildman–Crippen MR) is 87.5 cm³/mol. The number of rotatable bonds is 6. The van der Waals surface area contributed by atoms with Gasteiger partial charge < -0.3 is 14.2 Å². The van der Waals surface area contributed by atoms with Gasteiger partial charge in [-0.1, -0.05) is 11.6 Å². The Labute approximate surface area is 152 Å². The molecule has 1 heterocycles. The van der Waals surface area contributed by atoms with Gasteiger partial charge in [0.2, 0.25) is 5.88 Å². The smallest absolute Gasteiger partial charge is 0.417 e. The van der Waals surface area contributed by atoms with Crippen molar-refractivity contribution in [2.24, 2.45) is 0 Å². The van der Waals surface area contributed by atoms with Crippen molar-refractivity contribution in [3.8, 4) is 17.4 Å². The molecule has 0 N–H and O–H groups in total. The molecule has 9 heteroatoms. The fourth-order valence-electron chi connectivity index (χ4n) is 1.87. The summed E-state index contributed by atoms with van der Waals surface area (Å²) in [5.74, 6) is 0.0291. The van der Waals surface area contributed by atoms with Crippen LogP contribution in [0, 0.1) is 0 Å². The van der Waals surface area contributed by atoms with Crippen molar-refractivity contribution in [1.29, 1.82) is 0 Å². The summed E-state index contributed by atoms with van der Waals surface area (Å²) in [7, 11) is 0. The van der Waals surface area contributed by atoms with Crippen molar-refractivity contribution >= 4 is 17.6 Å². The van der Waals surface area contributed by atoms with E-state index in [1.54, 1.807) is 13.8 Å². The summed E-state index contributed by atoms with van der Waals surface area (Å²) in [6.07, 6.45) is -4.68. The Bertz CT molecular complexity index is 766. The number of ether oxygens (including phenoxy) is 3. The number of benzene rings is 1. The highest BCUT2D eigenvalue weighted by molar-refractivity contribution is 6.31. The molecule has 0 bridgehead atoms. The molecule has 0 amide bonds. The van der Waals surface area contributed by atoms with Crippen LogP contribution >= 0.6 is 11.6 Å². The summed E-state index contributed by atoms with van der Waals surface area (Å²) < 4.78 is 53.4. The molecule has 0 aliphatic heterocycles. The Morgan fingerprint density at radius 1 is 1.23 bits per heavy atom. The maximum Gasteiger partial charge on any atom is 0.417 e. The number of halogens is 4. The Morgan fingerprint density at radius 2 is 1.85 bits per heavy atom. The van der Waals surface area contributed by atoms with Crippen LogP contribution in [-0.2, 0) is 15.7 Å². The molecule has 26 heavy (non-hydrogen) atoms. The minimum atomic E-state index is -4.54. The first-order chi connectivity index (χ1) is 12.2. The van der Waals surface area contributed by atoms with Gasteiger partial charge in [-0.25, -0.2) is 9.78 Å². The normalized spacial score (nSPS) is 12.4. The van der Waals surface area contributed by atoms with E-state index in [0.717, 1.165) is 6.07 Å². The molecule has 1 atom stereocenters. The van der Waals surface area contributed by atoms with E-state index in [1.807, 2.05) is 0 Å². The molecular formula is C17H15ClF3NO4. The number of esters is 1. The molecule has 0 unspecified atom stereocenters. The Hall–Kier alpha value is -2.48. The van der Waals surface area contributed by atoms with Crippen molar-refractivity contribution < 1.29 is 32.2 Å². The molecule has 1 aromatic carbocycles. The first kappa shape index (κ1) is 19.8. The number of aromatic nitrogens is 1. The first-order valence-electron chi connectivity index (χ1n) is 7.54. The monoisotopic (exact) mass is 389 g/mol. The summed E-state index contributed by atoms with van der Waals surface area (Å²) in [6, 6.07) is 6.81. The number of carbonyl (C=O) groups is 1. The lowest BCUT2D eigenvalue weighted by atomic mass is 10.3. The predicted octanol–water partition coefficient (Wildman–Crippen LogP) is 4.88. The lowest BCUT2D eigenvalue weighted by Crippen LogP contribution is -2.25. The number of nitrogens with zero attached hydrogens (tertiary/aromatic N) is 1. The van der Waals surface area contributed by atoms with Crippen LogP contribution in [0.4, 0.5) is 13.2 Å². The van der Waals surface area contributed by atoms with Crippen molar-refractivity contribution in [3.05, 3.63) is 47.1 Å². The van der Waals surface area contributed by atoms with Gasteiger partial charge >= 0.3 is 12.1 Å². The summed E-state index contributed by atoms with van der Waals surface area (Å²) in [5.41, 5.74) is -0.966. The van der Waals surface area contributed by atoms with Crippen molar-refractivity contribution in [2.45, 2.75) is 26.1 Å². The Morgan fingerprint density at radius 3 is 2.38 bits per heavy atom. The second-order valence-corrected chi connectivity index (χ2v) is 5.50. The number of alkyl halides is 3. The molecule has 1 aromatic heterocycles. The van der Waals surface area contributed by atoms with E-state index in [2.05, 4.69) is 4.98 Å². The van der Waals surface area contributed by atoms with Crippen LogP contribution in [0.15, 0.2) is 36.5 Å². The fraction of sp³-hybridized carbons (Fsp3) is 0.294. The van der Waals surface area contributed by atoms with Crippen LogP contribution in [0.5, 0.6) is 17.4 Å².